The summed E-state index contributed by atoms with van der Waals surface area (Å²) in [5, 5.41) is 2.78. The molecule has 35 heavy (non-hydrogen) atoms. The van der Waals surface area contributed by atoms with E-state index in [1.54, 1.807) is 30.0 Å². The molecule has 2 amide bonds. The molecule has 0 saturated carbocycles. The van der Waals surface area contributed by atoms with Gasteiger partial charge in [-0.25, -0.2) is 13.8 Å². The summed E-state index contributed by atoms with van der Waals surface area (Å²) in [6.07, 6.45) is 5.56. The predicted octanol–water partition coefficient (Wildman–Crippen LogP) is 4.41. The van der Waals surface area contributed by atoms with E-state index in [4.69, 9.17) is 9.47 Å². The smallest absolute Gasteiger partial charge is 0.291 e. The number of anilines is 1. The monoisotopic (exact) mass is 486 g/mol. The predicted molar refractivity (Wildman–Crippen MR) is 124 cm³/mol. The third-order valence-electron chi connectivity index (χ3n) is 6.16. The first kappa shape index (κ1) is 24.6. The van der Waals surface area contributed by atoms with Crippen molar-refractivity contribution in [1.29, 1.82) is 0 Å². The van der Waals surface area contributed by atoms with E-state index in [9.17, 15) is 18.4 Å². The lowest BCUT2D eigenvalue weighted by atomic mass is 10.1. The third kappa shape index (κ3) is 5.26. The van der Waals surface area contributed by atoms with Crippen LogP contribution in [0.15, 0.2) is 36.4 Å². The number of aryl methyl sites for hydroxylation is 1. The van der Waals surface area contributed by atoms with E-state index in [2.05, 4.69) is 15.3 Å². The molecule has 0 radical (unpaired) electrons. The SMILES string of the molecule is CCC1C=C(C(=O)Nc2nccc3c2CN(C(C)c2cc(C)c(OCC(C)(F)F)cn2)C3=O)OC1. The highest BCUT2D eigenvalue weighted by atomic mass is 19.3. The van der Waals surface area contributed by atoms with E-state index in [-0.39, 0.29) is 29.9 Å². The number of fused-ring (bicyclic) bond motifs is 1. The number of pyridine rings is 2. The summed E-state index contributed by atoms with van der Waals surface area (Å²) in [4.78, 5) is 36.1. The van der Waals surface area contributed by atoms with Crippen LogP contribution in [0, 0.1) is 12.8 Å². The standard InChI is InChI=1S/C25H28F2N4O4/c1-5-16-9-20(34-12-16)23(32)30-22-18-11-31(24(33)17(18)6-7-28-22)15(3)19-8-14(2)21(10-29-19)35-13-25(4,26)27/h6-10,15-16H,5,11-13H2,1-4H3,(H,28,30,32). The fraction of sp³-hybridized carbons (Fsp3) is 0.440. The molecular formula is C25H28F2N4O4. The summed E-state index contributed by atoms with van der Waals surface area (Å²) >= 11 is 0. The molecule has 2 aliphatic heterocycles. The molecule has 2 atom stereocenters. The van der Waals surface area contributed by atoms with Crippen LogP contribution in [0.2, 0.25) is 0 Å². The molecule has 0 aliphatic carbocycles. The van der Waals surface area contributed by atoms with Crippen molar-refractivity contribution < 1.29 is 27.8 Å². The lowest BCUT2D eigenvalue weighted by Crippen LogP contribution is -2.28. The fourth-order valence-electron chi connectivity index (χ4n) is 4.03. The molecule has 2 aromatic heterocycles. The van der Waals surface area contributed by atoms with E-state index in [0.29, 0.717) is 34.8 Å². The van der Waals surface area contributed by atoms with Gasteiger partial charge < -0.3 is 19.7 Å². The maximum atomic E-state index is 13.2. The molecule has 0 bridgehead atoms. The Hall–Kier alpha value is -3.56. The highest BCUT2D eigenvalue weighted by molar-refractivity contribution is 6.05. The summed E-state index contributed by atoms with van der Waals surface area (Å²) in [5.74, 6) is -2.52. The van der Waals surface area contributed by atoms with E-state index in [1.165, 1.54) is 12.4 Å². The van der Waals surface area contributed by atoms with Crippen LogP contribution in [-0.4, -0.2) is 45.8 Å². The molecule has 10 heteroatoms. The van der Waals surface area contributed by atoms with Gasteiger partial charge in [0, 0.05) is 30.2 Å². The number of carbonyl (C=O) groups is 2. The highest BCUT2D eigenvalue weighted by Gasteiger charge is 2.35. The Kier molecular flexibility index (Phi) is 6.73. The maximum Gasteiger partial charge on any atom is 0.291 e. The summed E-state index contributed by atoms with van der Waals surface area (Å²) < 4.78 is 36.9. The number of rotatable bonds is 8. The van der Waals surface area contributed by atoms with E-state index in [1.807, 2.05) is 13.8 Å². The number of nitrogens with one attached hydrogen (secondary N) is 1. The first-order valence-electron chi connectivity index (χ1n) is 11.5. The minimum absolute atomic E-state index is 0.203. The number of aromatic nitrogens is 2. The van der Waals surface area contributed by atoms with E-state index >= 15 is 0 Å². The quantitative estimate of drug-likeness (QED) is 0.594. The molecule has 186 valence electrons. The van der Waals surface area contributed by atoms with Gasteiger partial charge in [0.05, 0.1) is 31.1 Å². The molecule has 1 N–H and O–H groups in total. The largest absolute Gasteiger partial charge is 0.488 e. The second kappa shape index (κ2) is 9.59. The molecular weight excluding hydrogens is 458 g/mol. The number of ether oxygens (including phenoxy) is 2. The van der Waals surface area contributed by atoms with Crippen molar-refractivity contribution in [2.24, 2.45) is 5.92 Å². The van der Waals surface area contributed by atoms with Crippen LogP contribution in [0.1, 0.15) is 60.4 Å². The summed E-state index contributed by atoms with van der Waals surface area (Å²) in [7, 11) is 0. The van der Waals surface area contributed by atoms with Crippen molar-refractivity contribution in [3.63, 3.8) is 0 Å². The van der Waals surface area contributed by atoms with Crippen molar-refractivity contribution in [2.75, 3.05) is 18.5 Å². The number of hydrogen-bond donors (Lipinski definition) is 1. The summed E-state index contributed by atoms with van der Waals surface area (Å²) in [6, 6.07) is 2.93. The van der Waals surface area contributed by atoms with Gasteiger partial charge >= 0.3 is 0 Å². The topological polar surface area (TPSA) is 93.7 Å². The van der Waals surface area contributed by atoms with Gasteiger partial charge in [-0.05, 0) is 44.0 Å². The Morgan fingerprint density at radius 2 is 2.17 bits per heavy atom. The zero-order chi connectivity index (χ0) is 25.3. The van der Waals surface area contributed by atoms with Crippen LogP contribution in [0.3, 0.4) is 0 Å². The first-order valence-corrected chi connectivity index (χ1v) is 11.5. The van der Waals surface area contributed by atoms with Crippen molar-refractivity contribution in [2.45, 2.75) is 52.6 Å². The average molecular weight is 487 g/mol. The fourth-order valence-corrected chi connectivity index (χ4v) is 4.03. The second-order valence-electron chi connectivity index (χ2n) is 8.99. The number of halogens is 2. The zero-order valence-electron chi connectivity index (χ0n) is 20.1. The van der Waals surface area contributed by atoms with Crippen molar-refractivity contribution >= 4 is 17.6 Å². The minimum Gasteiger partial charge on any atom is -0.488 e. The molecule has 0 aromatic carbocycles. The van der Waals surface area contributed by atoms with Gasteiger partial charge in [-0.15, -0.1) is 0 Å². The van der Waals surface area contributed by atoms with Crippen molar-refractivity contribution in [3.05, 3.63) is 58.7 Å². The van der Waals surface area contributed by atoms with Crippen molar-refractivity contribution in [1.82, 2.24) is 14.9 Å². The number of carbonyl (C=O) groups excluding carboxylic acids is 2. The molecule has 4 heterocycles. The van der Waals surface area contributed by atoms with Crippen LogP contribution in [0.5, 0.6) is 5.75 Å². The van der Waals surface area contributed by atoms with Gasteiger partial charge in [0.2, 0.25) is 0 Å². The molecule has 8 nitrogen and oxygen atoms in total. The summed E-state index contributed by atoms with van der Waals surface area (Å²) in [5.41, 5.74) is 2.30. The summed E-state index contributed by atoms with van der Waals surface area (Å²) in [6.45, 7) is 6.35. The molecule has 2 unspecified atom stereocenters. The minimum atomic E-state index is -2.95. The Morgan fingerprint density at radius 3 is 2.83 bits per heavy atom. The molecule has 0 fully saturated rings. The number of amides is 2. The number of nitrogens with zero attached hydrogens (tertiary/aromatic N) is 3. The average Bonchev–Trinajstić information content (AvgIpc) is 3.43. The maximum absolute atomic E-state index is 13.2. The van der Waals surface area contributed by atoms with Crippen LogP contribution in [-0.2, 0) is 16.1 Å². The van der Waals surface area contributed by atoms with E-state index < -0.39 is 24.5 Å². The molecule has 0 spiro atoms. The van der Waals surface area contributed by atoms with Gasteiger partial charge in [-0.1, -0.05) is 6.92 Å². The second-order valence-corrected chi connectivity index (χ2v) is 8.99. The van der Waals surface area contributed by atoms with Gasteiger partial charge in [-0.3, -0.25) is 14.6 Å². The van der Waals surface area contributed by atoms with Gasteiger partial charge in [0.15, 0.2) is 12.4 Å². The lowest BCUT2D eigenvalue weighted by molar-refractivity contribution is -0.115. The molecule has 4 rings (SSSR count). The van der Waals surface area contributed by atoms with Crippen molar-refractivity contribution in [3.8, 4) is 5.75 Å². The van der Waals surface area contributed by atoms with Crippen LogP contribution in [0.4, 0.5) is 14.6 Å². The zero-order valence-corrected chi connectivity index (χ0v) is 20.1. The highest BCUT2D eigenvalue weighted by Crippen LogP contribution is 2.35. The Morgan fingerprint density at radius 1 is 1.40 bits per heavy atom. The van der Waals surface area contributed by atoms with Crippen LogP contribution < -0.4 is 10.1 Å². The third-order valence-corrected chi connectivity index (χ3v) is 6.16. The van der Waals surface area contributed by atoms with E-state index in [0.717, 1.165) is 13.3 Å². The normalized spacial score (nSPS) is 18.1. The Labute approximate surface area is 202 Å². The van der Waals surface area contributed by atoms with Crippen LogP contribution >= 0.6 is 0 Å². The first-order chi connectivity index (χ1) is 16.6. The number of alkyl halides is 2. The van der Waals surface area contributed by atoms with Crippen LogP contribution in [0.25, 0.3) is 0 Å². The van der Waals surface area contributed by atoms with Gasteiger partial charge in [-0.2, -0.15) is 0 Å². The van der Waals surface area contributed by atoms with Gasteiger partial charge in [0.1, 0.15) is 11.6 Å². The molecule has 2 aromatic rings. The molecule has 2 aliphatic rings. The lowest BCUT2D eigenvalue weighted by Gasteiger charge is -2.24. The number of hydrogen-bond acceptors (Lipinski definition) is 6. The Bertz CT molecular complexity index is 1180. The van der Waals surface area contributed by atoms with Gasteiger partial charge in [0.25, 0.3) is 17.7 Å². The Balaban J connectivity index is 1.50. The molecule has 0 saturated heterocycles.